The highest BCUT2D eigenvalue weighted by atomic mass is 16.5. The van der Waals surface area contributed by atoms with Gasteiger partial charge in [-0.1, -0.05) is 42.5 Å². The third-order valence-electron chi connectivity index (χ3n) is 3.31. The van der Waals surface area contributed by atoms with E-state index in [9.17, 15) is 9.90 Å². The normalized spacial score (nSPS) is 15.7. The second-order valence-electron chi connectivity index (χ2n) is 5.02. The molecule has 1 unspecified atom stereocenters. The molecule has 0 aromatic heterocycles. The maximum Gasteiger partial charge on any atom is 0.195 e. The van der Waals surface area contributed by atoms with Crippen molar-refractivity contribution in [1.29, 1.82) is 0 Å². The molecule has 1 aliphatic carbocycles. The summed E-state index contributed by atoms with van der Waals surface area (Å²) < 4.78 is 5.67. The van der Waals surface area contributed by atoms with E-state index in [1.807, 2.05) is 12.1 Å². The quantitative estimate of drug-likeness (QED) is 0.847. The van der Waals surface area contributed by atoms with Crippen molar-refractivity contribution in [2.45, 2.75) is 25.0 Å². The molecule has 20 heavy (non-hydrogen) atoms. The lowest BCUT2D eigenvalue weighted by atomic mass is 10.00. The van der Waals surface area contributed by atoms with E-state index in [1.165, 1.54) is 0 Å². The lowest BCUT2D eigenvalue weighted by Gasteiger charge is -2.11. The molecule has 0 aliphatic heterocycles. The monoisotopic (exact) mass is 268 g/mol. The molecule has 2 aromatic rings. The number of aliphatic hydroxyl groups excluding tert-OH is 1. The van der Waals surface area contributed by atoms with E-state index in [2.05, 4.69) is 0 Å². The molecule has 3 nitrogen and oxygen atoms in total. The second-order valence-corrected chi connectivity index (χ2v) is 5.02. The highest BCUT2D eigenvalue weighted by molar-refractivity contribution is 6.00. The SMILES string of the molecule is O=C(c1cccc(OC2CC2)c1)C(O)c1ccccc1. The van der Waals surface area contributed by atoms with Crippen molar-refractivity contribution < 1.29 is 14.6 Å². The summed E-state index contributed by atoms with van der Waals surface area (Å²) in [6.45, 7) is 0. The fourth-order valence-electron chi connectivity index (χ4n) is 2.05. The number of hydrogen-bond acceptors (Lipinski definition) is 3. The smallest absolute Gasteiger partial charge is 0.195 e. The van der Waals surface area contributed by atoms with Gasteiger partial charge in [0.25, 0.3) is 0 Å². The minimum Gasteiger partial charge on any atom is -0.490 e. The van der Waals surface area contributed by atoms with E-state index < -0.39 is 6.10 Å². The van der Waals surface area contributed by atoms with E-state index in [0.717, 1.165) is 12.8 Å². The van der Waals surface area contributed by atoms with Crippen LogP contribution in [0.15, 0.2) is 54.6 Å². The van der Waals surface area contributed by atoms with Crippen LogP contribution in [0.2, 0.25) is 0 Å². The summed E-state index contributed by atoms with van der Waals surface area (Å²) in [5, 5.41) is 10.1. The average molecular weight is 268 g/mol. The van der Waals surface area contributed by atoms with Crippen molar-refractivity contribution >= 4 is 5.78 Å². The molecule has 3 rings (SSSR count). The largest absolute Gasteiger partial charge is 0.490 e. The fraction of sp³-hybridized carbons (Fsp3) is 0.235. The lowest BCUT2D eigenvalue weighted by molar-refractivity contribution is 0.0747. The van der Waals surface area contributed by atoms with Crippen LogP contribution in [0.25, 0.3) is 0 Å². The molecule has 0 saturated heterocycles. The van der Waals surface area contributed by atoms with Gasteiger partial charge in [0.1, 0.15) is 11.9 Å². The highest BCUT2D eigenvalue weighted by Gasteiger charge is 2.24. The first kappa shape index (κ1) is 12.9. The maximum absolute atomic E-state index is 12.3. The zero-order valence-corrected chi connectivity index (χ0v) is 11.0. The van der Waals surface area contributed by atoms with E-state index in [-0.39, 0.29) is 5.78 Å². The van der Waals surface area contributed by atoms with Gasteiger partial charge in [-0.3, -0.25) is 4.79 Å². The van der Waals surface area contributed by atoms with Gasteiger partial charge in [0.2, 0.25) is 0 Å². The number of ketones is 1. The van der Waals surface area contributed by atoms with Crippen LogP contribution < -0.4 is 4.74 Å². The molecule has 0 heterocycles. The Labute approximate surface area is 117 Å². The van der Waals surface area contributed by atoms with Crippen LogP contribution in [0.5, 0.6) is 5.75 Å². The molecule has 102 valence electrons. The Morgan fingerprint density at radius 3 is 2.55 bits per heavy atom. The van der Waals surface area contributed by atoms with Gasteiger partial charge >= 0.3 is 0 Å². The Morgan fingerprint density at radius 1 is 1.10 bits per heavy atom. The topological polar surface area (TPSA) is 46.5 Å². The van der Waals surface area contributed by atoms with Crippen molar-refractivity contribution in [2.75, 3.05) is 0 Å². The molecule has 1 fully saturated rings. The van der Waals surface area contributed by atoms with Gasteiger partial charge in [-0.25, -0.2) is 0 Å². The van der Waals surface area contributed by atoms with E-state index in [0.29, 0.717) is 23.0 Å². The number of benzene rings is 2. The summed E-state index contributed by atoms with van der Waals surface area (Å²) in [5.41, 5.74) is 1.07. The molecule has 3 heteroatoms. The van der Waals surface area contributed by atoms with Crippen molar-refractivity contribution in [1.82, 2.24) is 0 Å². The third kappa shape index (κ3) is 2.89. The molecule has 0 bridgehead atoms. The Balaban J connectivity index is 1.79. The number of aliphatic hydroxyl groups is 1. The van der Waals surface area contributed by atoms with Crippen molar-refractivity contribution in [3.63, 3.8) is 0 Å². The molecule has 1 atom stereocenters. The predicted octanol–water partition coefficient (Wildman–Crippen LogP) is 3.14. The van der Waals surface area contributed by atoms with Gasteiger partial charge in [-0.15, -0.1) is 0 Å². The fourth-order valence-corrected chi connectivity index (χ4v) is 2.05. The molecular formula is C17H16O3. The Kier molecular flexibility index (Phi) is 3.52. The molecule has 0 amide bonds. The van der Waals surface area contributed by atoms with Gasteiger partial charge in [0.15, 0.2) is 5.78 Å². The summed E-state index contributed by atoms with van der Waals surface area (Å²) in [5.74, 6) is 0.385. The molecule has 0 spiro atoms. The zero-order valence-electron chi connectivity index (χ0n) is 11.0. The number of Topliss-reactive ketones (excluding diaryl/α,β-unsaturated/α-hetero) is 1. The van der Waals surface area contributed by atoms with Gasteiger partial charge in [-0.2, -0.15) is 0 Å². The van der Waals surface area contributed by atoms with Gasteiger partial charge in [-0.05, 0) is 30.5 Å². The van der Waals surface area contributed by atoms with Crippen LogP contribution in [0, 0.1) is 0 Å². The molecule has 1 aliphatic rings. The standard InChI is InChI=1S/C17H16O3/c18-16(12-5-2-1-3-6-12)17(19)13-7-4-8-15(11-13)20-14-9-10-14/h1-8,11,14,16,18H,9-10H2. The van der Waals surface area contributed by atoms with Crippen LogP contribution in [-0.2, 0) is 0 Å². The molecule has 0 radical (unpaired) electrons. The molecular weight excluding hydrogens is 252 g/mol. The van der Waals surface area contributed by atoms with Gasteiger partial charge in [0, 0.05) is 5.56 Å². The first-order valence-corrected chi connectivity index (χ1v) is 6.78. The van der Waals surface area contributed by atoms with Crippen molar-refractivity contribution in [3.05, 3.63) is 65.7 Å². The Bertz CT molecular complexity index is 603. The number of hydrogen-bond donors (Lipinski definition) is 1. The van der Waals surface area contributed by atoms with E-state index >= 15 is 0 Å². The second kappa shape index (κ2) is 5.47. The van der Waals surface area contributed by atoms with Crippen molar-refractivity contribution in [2.24, 2.45) is 0 Å². The molecule has 2 aromatic carbocycles. The minimum atomic E-state index is -1.13. The summed E-state index contributed by atoms with van der Waals surface area (Å²) in [4.78, 5) is 12.3. The van der Waals surface area contributed by atoms with E-state index in [4.69, 9.17) is 4.74 Å². The van der Waals surface area contributed by atoms with Gasteiger partial charge < -0.3 is 9.84 Å². The van der Waals surface area contributed by atoms with Gasteiger partial charge in [0.05, 0.1) is 6.10 Å². The minimum absolute atomic E-state index is 0.291. The molecule has 1 N–H and O–H groups in total. The van der Waals surface area contributed by atoms with Crippen molar-refractivity contribution in [3.8, 4) is 5.75 Å². The Morgan fingerprint density at radius 2 is 1.85 bits per heavy atom. The first-order valence-electron chi connectivity index (χ1n) is 6.78. The summed E-state index contributed by atoms with van der Waals surface area (Å²) in [7, 11) is 0. The van der Waals surface area contributed by atoms with Crippen LogP contribution in [0.3, 0.4) is 0 Å². The summed E-state index contributed by atoms with van der Waals surface area (Å²) in [6, 6.07) is 16.0. The molecule has 1 saturated carbocycles. The van der Waals surface area contributed by atoms with Crippen LogP contribution in [0.1, 0.15) is 34.9 Å². The predicted molar refractivity (Wildman–Crippen MR) is 75.8 cm³/mol. The van der Waals surface area contributed by atoms with Crippen LogP contribution >= 0.6 is 0 Å². The number of carbonyl (C=O) groups excluding carboxylic acids is 1. The average Bonchev–Trinajstić information content (AvgIpc) is 3.31. The first-order chi connectivity index (χ1) is 9.74. The number of carbonyl (C=O) groups is 1. The summed E-state index contributed by atoms with van der Waals surface area (Å²) in [6.07, 6.45) is 1.31. The lowest BCUT2D eigenvalue weighted by Crippen LogP contribution is -2.12. The Hall–Kier alpha value is -2.13. The summed E-state index contributed by atoms with van der Waals surface area (Å²) >= 11 is 0. The highest BCUT2D eigenvalue weighted by Crippen LogP contribution is 2.28. The maximum atomic E-state index is 12.3. The number of ether oxygens (including phenoxy) is 1. The number of rotatable bonds is 5. The third-order valence-corrected chi connectivity index (χ3v) is 3.31. The van der Waals surface area contributed by atoms with E-state index in [1.54, 1.807) is 42.5 Å². The van der Waals surface area contributed by atoms with Crippen LogP contribution in [-0.4, -0.2) is 17.0 Å². The van der Waals surface area contributed by atoms with Crippen LogP contribution in [0.4, 0.5) is 0 Å². The zero-order chi connectivity index (χ0) is 13.9.